The molecule has 0 spiro atoms. The van der Waals surface area contributed by atoms with Crippen LogP contribution in [0.5, 0.6) is 0 Å². The van der Waals surface area contributed by atoms with Crippen molar-refractivity contribution in [2.24, 2.45) is 0 Å². The van der Waals surface area contributed by atoms with Gasteiger partial charge >= 0.3 is 0 Å². The Morgan fingerprint density at radius 3 is 2.35 bits per heavy atom. The first-order valence-electron chi connectivity index (χ1n) is 5.97. The fourth-order valence-corrected chi connectivity index (χ4v) is 3.10. The quantitative estimate of drug-likeness (QED) is 0.783. The zero-order valence-electron chi connectivity index (χ0n) is 11.0. The van der Waals surface area contributed by atoms with Crippen LogP contribution in [0.2, 0.25) is 0 Å². The van der Waals surface area contributed by atoms with E-state index in [1.165, 1.54) is 11.1 Å². The van der Waals surface area contributed by atoms with E-state index in [9.17, 15) is 0 Å². The van der Waals surface area contributed by atoms with Crippen LogP contribution < -0.4 is 0 Å². The highest BCUT2D eigenvalue weighted by molar-refractivity contribution is 9.10. The molecule has 0 aliphatic heterocycles. The summed E-state index contributed by atoms with van der Waals surface area (Å²) in [5.41, 5.74) is 3.49. The van der Waals surface area contributed by atoms with Crippen LogP contribution in [-0.2, 0) is 0 Å². The summed E-state index contributed by atoms with van der Waals surface area (Å²) in [4.78, 5) is 4.56. The van der Waals surface area contributed by atoms with Crippen molar-refractivity contribution >= 4 is 21.6 Å². The monoisotopic (exact) mass is 295 g/mol. The summed E-state index contributed by atoms with van der Waals surface area (Å²) in [6.45, 7) is 10.7. The molecule has 2 rings (SSSR count). The minimum atomic E-state index is 0.351. The molecule has 92 valence electrons. The molecule has 0 fully saturated rings. The Kier molecular flexibility index (Phi) is 3.25. The number of aromatic nitrogens is 3. The molecule has 0 radical (unpaired) electrons. The van der Waals surface area contributed by atoms with Crippen LogP contribution in [-0.4, -0.2) is 14.6 Å². The fourth-order valence-electron chi connectivity index (χ4n) is 2.06. The van der Waals surface area contributed by atoms with Crippen molar-refractivity contribution in [3.63, 3.8) is 0 Å². The van der Waals surface area contributed by atoms with Crippen LogP contribution in [0.4, 0.5) is 0 Å². The zero-order valence-corrected chi connectivity index (χ0v) is 12.5. The maximum atomic E-state index is 4.56. The molecule has 0 saturated heterocycles. The van der Waals surface area contributed by atoms with Crippen LogP contribution >= 0.6 is 15.9 Å². The largest absolute Gasteiger partial charge is 0.212 e. The van der Waals surface area contributed by atoms with Crippen molar-refractivity contribution < 1.29 is 0 Å². The van der Waals surface area contributed by atoms with Crippen LogP contribution in [0.3, 0.4) is 0 Å². The topological polar surface area (TPSA) is 30.2 Å². The van der Waals surface area contributed by atoms with Crippen molar-refractivity contribution in [1.29, 1.82) is 0 Å². The Morgan fingerprint density at radius 2 is 1.82 bits per heavy atom. The molecule has 0 aliphatic rings. The molecule has 3 nitrogen and oxygen atoms in total. The predicted molar refractivity (Wildman–Crippen MR) is 73.6 cm³/mol. The van der Waals surface area contributed by atoms with E-state index in [0.717, 1.165) is 16.1 Å². The van der Waals surface area contributed by atoms with E-state index < -0.39 is 0 Å². The molecule has 0 saturated carbocycles. The van der Waals surface area contributed by atoms with Gasteiger partial charge in [-0.15, -0.1) is 5.10 Å². The van der Waals surface area contributed by atoms with E-state index in [1.807, 2.05) is 4.52 Å². The van der Waals surface area contributed by atoms with Gasteiger partial charge in [-0.1, -0.05) is 27.7 Å². The summed E-state index contributed by atoms with van der Waals surface area (Å²) >= 11 is 3.66. The summed E-state index contributed by atoms with van der Waals surface area (Å²) in [6.07, 6.45) is 0. The highest BCUT2D eigenvalue weighted by atomic mass is 79.9. The number of nitrogens with zero attached hydrogens (tertiary/aromatic N) is 3. The molecule has 0 amide bonds. The number of aryl methyl sites for hydroxylation is 1. The van der Waals surface area contributed by atoms with Crippen molar-refractivity contribution in [3.05, 3.63) is 27.6 Å². The lowest BCUT2D eigenvalue weighted by Crippen LogP contribution is -2.01. The van der Waals surface area contributed by atoms with Gasteiger partial charge in [0, 0.05) is 5.92 Å². The fraction of sp³-hybridized carbons (Fsp3) is 0.538. The average molecular weight is 296 g/mol. The minimum Gasteiger partial charge on any atom is -0.212 e. The number of halogens is 1. The molecule has 0 aliphatic carbocycles. The first-order valence-corrected chi connectivity index (χ1v) is 6.76. The number of hydrogen-bond acceptors (Lipinski definition) is 2. The zero-order chi connectivity index (χ0) is 12.7. The van der Waals surface area contributed by atoms with E-state index in [-0.39, 0.29) is 0 Å². The van der Waals surface area contributed by atoms with Gasteiger partial charge in [0.15, 0.2) is 11.5 Å². The SMILES string of the molecule is Cc1cc2nc(C(C)C)nn2c(Br)c1C(C)C. The number of pyridine rings is 1. The molecular formula is C13H18BrN3. The summed E-state index contributed by atoms with van der Waals surface area (Å²) in [5, 5.41) is 4.55. The second-order valence-corrected chi connectivity index (χ2v) is 5.83. The van der Waals surface area contributed by atoms with Gasteiger partial charge in [0.1, 0.15) is 4.60 Å². The lowest BCUT2D eigenvalue weighted by Gasteiger charge is -2.12. The maximum absolute atomic E-state index is 4.56. The summed E-state index contributed by atoms with van der Waals surface area (Å²) in [5.74, 6) is 1.72. The number of rotatable bonds is 2. The number of fused-ring (bicyclic) bond motifs is 1. The average Bonchev–Trinajstić information content (AvgIpc) is 2.60. The molecule has 0 N–H and O–H groups in total. The molecule has 4 heteroatoms. The first kappa shape index (κ1) is 12.6. The van der Waals surface area contributed by atoms with Gasteiger partial charge in [-0.05, 0) is 46.0 Å². The van der Waals surface area contributed by atoms with Crippen LogP contribution in [0.15, 0.2) is 10.7 Å². The third kappa shape index (κ3) is 2.10. The van der Waals surface area contributed by atoms with Crippen molar-refractivity contribution in [2.75, 3.05) is 0 Å². The smallest absolute Gasteiger partial charge is 0.157 e. The molecule has 2 aromatic rings. The van der Waals surface area contributed by atoms with E-state index in [2.05, 4.69) is 66.7 Å². The van der Waals surface area contributed by atoms with Crippen LogP contribution in [0.1, 0.15) is 56.5 Å². The molecule has 17 heavy (non-hydrogen) atoms. The van der Waals surface area contributed by atoms with Crippen molar-refractivity contribution in [3.8, 4) is 0 Å². The van der Waals surface area contributed by atoms with E-state index in [1.54, 1.807) is 0 Å². The normalized spacial score (nSPS) is 12.0. The minimum absolute atomic E-state index is 0.351. The standard InChI is InChI=1S/C13H18BrN3/c1-7(2)11-9(5)6-10-15-13(8(3)4)16-17(10)12(11)14/h6-8H,1-5H3. The molecule has 0 bridgehead atoms. The van der Waals surface area contributed by atoms with Crippen LogP contribution in [0, 0.1) is 6.92 Å². The van der Waals surface area contributed by atoms with Gasteiger partial charge < -0.3 is 0 Å². The van der Waals surface area contributed by atoms with E-state index in [0.29, 0.717) is 11.8 Å². The Morgan fingerprint density at radius 1 is 1.18 bits per heavy atom. The lowest BCUT2D eigenvalue weighted by molar-refractivity contribution is 0.751. The van der Waals surface area contributed by atoms with Gasteiger partial charge in [0.05, 0.1) is 0 Å². The second-order valence-electron chi connectivity index (χ2n) is 5.08. The first-order chi connectivity index (χ1) is 7.91. The molecular weight excluding hydrogens is 278 g/mol. The highest BCUT2D eigenvalue weighted by Crippen LogP contribution is 2.29. The van der Waals surface area contributed by atoms with Gasteiger partial charge in [-0.2, -0.15) is 0 Å². The van der Waals surface area contributed by atoms with E-state index in [4.69, 9.17) is 0 Å². The third-order valence-electron chi connectivity index (χ3n) is 2.92. The molecule has 0 aromatic carbocycles. The van der Waals surface area contributed by atoms with E-state index >= 15 is 0 Å². The van der Waals surface area contributed by atoms with Crippen molar-refractivity contribution in [2.45, 2.75) is 46.5 Å². The van der Waals surface area contributed by atoms with Crippen molar-refractivity contribution in [1.82, 2.24) is 14.6 Å². The Hall–Kier alpha value is -0.900. The van der Waals surface area contributed by atoms with Gasteiger partial charge in [0.2, 0.25) is 0 Å². The molecule has 0 atom stereocenters. The third-order valence-corrected chi connectivity index (χ3v) is 3.68. The van der Waals surface area contributed by atoms with Gasteiger partial charge in [0.25, 0.3) is 0 Å². The van der Waals surface area contributed by atoms with Crippen LogP contribution in [0.25, 0.3) is 5.65 Å². The lowest BCUT2D eigenvalue weighted by atomic mass is 10.0. The predicted octanol–water partition coefficient (Wildman–Crippen LogP) is 4.05. The summed E-state index contributed by atoms with van der Waals surface area (Å²) < 4.78 is 2.93. The Balaban J connectivity index is 2.74. The highest BCUT2D eigenvalue weighted by Gasteiger charge is 2.16. The van der Waals surface area contributed by atoms with Gasteiger partial charge in [-0.3, -0.25) is 0 Å². The number of hydrogen-bond donors (Lipinski definition) is 0. The second kappa shape index (κ2) is 4.41. The molecule has 2 aromatic heterocycles. The Labute approximate surface area is 110 Å². The summed E-state index contributed by atoms with van der Waals surface area (Å²) in [7, 11) is 0. The Bertz CT molecular complexity index is 555. The molecule has 2 heterocycles. The maximum Gasteiger partial charge on any atom is 0.157 e. The van der Waals surface area contributed by atoms with Gasteiger partial charge in [-0.25, -0.2) is 9.50 Å². The molecule has 0 unspecified atom stereocenters. The summed E-state index contributed by atoms with van der Waals surface area (Å²) in [6, 6.07) is 2.11.